The van der Waals surface area contributed by atoms with Crippen LogP contribution in [0.4, 0.5) is 5.95 Å². The van der Waals surface area contributed by atoms with E-state index in [1.54, 1.807) is 12.1 Å². The molecule has 0 spiro atoms. The molecule has 2 aromatic carbocycles. The van der Waals surface area contributed by atoms with E-state index in [1.165, 1.54) is 0 Å². The van der Waals surface area contributed by atoms with E-state index >= 15 is 0 Å². The molecule has 98 valence electrons. The fraction of sp³-hybridized carbons (Fsp3) is 0. The summed E-state index contributed by atoms with van der Waals surface area (Å²) in [5.41, 5.74) is 9.29. The molecule has 0 atom stereocenters. The van der Waals surface area contributed by atoms with Gasteiger partial charge in [-0.1, -0.05) is 0 Å². The van der Waals surface area contributed by atoms with Gasteiger partial charge in [-0.2, -0.15) is 5.26 Å². The van der Waals surface area contributed by atoms with E-state index in [0.29, 0.717) is 11.5 Å². The van der Waals surface area contributed by atoms with Crippen molar-refractivity contribution < 1.29 is 0 Å². The highest BCUT2D eigenvalue weighted by molar-refractivity contribution is 14.1. The maximum Gasteiger partial charge on any atom is 0.205 e. The van der Waals surface area contributed by atoms with Crippen molar-refractivity contribution in [3.63, 3.8) is 0 Å². The summed E-state index contributed by atoms with van der Waals surface area (Å²) in [6.07, 6.45) is 0. The van der Waals surface area contributed by atoms with Gasteiger partial charge < -0.3 is 5.73 Å². The van der Waals surface area contributed by atoms with Crippen LogP contribution in [0.25, 0.3) is 16.7 Å². The molecule has 4 nitrogen and oxygen atoms in total. The first-order chi connectivity index (χ1) is 9.60. The molecule has 1 heterocycles. The molecular formula is C14H8BrIN4. The van der Waals surface area contributed by atoms with Gasteiger partial charge in [-0.15, -0.1) is 0 Å². The van der Waals surface area contributed by atoms with Crippen LogP contribution in [0.5, 0.6) is 0 Å². The molecular weight excluding hydrogens is 431 g/mol. The molecule has 0 aliphatic rings. The molecule has 0 radical (unpaired) electrons. The molecule has 0 amide bonds. The predicted molar refractivity (Wildman–Crippen MR) is 90.6 cm³/mol. The summed E-state index contributed by atoms with van der Waals surface area (Å²) in [7, 11) is 0. The maximum atomic E-state index is 8.92. The van der Waals surface area contributed by atoms with Gasteiger partial charge in [0.1, 0.15) is 0 Å². The zero-order chi connectivity index (χ0) is 14.3. The zero-order valence-electron chi connectivity index (χ0n) is 10.1. The van der Waals surface area contributed by atoms with E-state index in [-0.39, 0.29) is 0 Å². The SMILES string of the molecule is N#Cc1ccc(-n2c(N)nc3cc(I)ccc32)c(Br)c1. The Morgan fingerprint density at radius 2 is 2.05 bits per heavy atom. The van der Waals surface area contributed by atoms with Crippen molar-refractivity contribution in [2.75, 3.05) is 5.73 Å². The Labute approximate surface area is 137 Å². The van der Waals surface area contributed by atoms with Crippen LogP contribution >= 0.6 is 38.5 Å². The smallest absolute Gasteiger partial charge is 0.205 e. The standard InChI is InChI=1S/C14H8BrIN4/c15-10-5-8(7-17)1-3-12(10)20-13-4-2-9(16)6-11(13)19-14(20)18/h1-6H,(H2,18,19). The number of halogens is 2. The average molecular weight is 439 g/mol. The van der Waals surface area contributed by atoms with Crippen molar-refractivity contribution in [3.05, 3.63) is 50.0 Å². The Hall–Kier alpha value is -1.59. The third kappa shape index (κ3) is 2.17. The van der Waals surface area contributed by atoms with Crippen LogP contribution < -0.4 is 5.73 Å². The largest absolute Gasteiger partial charge is 0.369 e. The first-order valence-electron chi connectivity index (χ1n) is 5.73. The molecule has 0 bridgehead atoms. The van der Waals surface area contributed by atoms with E-state index in [0.717, 1.165) is 24.8 Å². The summed E-state index contributed by atoms with van der Waals surface area (Å²) < 4.78 is 3.79. The lowest BCUT2D eigenvalue weighted by Gasteiger charge is -2.09. The number of nitrogens with zero attached hydrogens (tertiary/aromatic N) is 3. The van der Waals surface area contributed by atoms with Crippen LogP contribution in [0.1, 0.15) is 5.56 Å². The van der Waals surface area contributed by atoms with E-state index in [2.05, 4.69) is 49.6 Å². The number of aromatic nitrogens is 2. The molecule has 0 saturated heterocycles. The summed E-state index contributed by atoms with van der Waals surface area (Å²) in [6.45, 7) is 0. The van der Waals surface area contributed by atoms with Gasteiger partial charge in [-0.05, 0) is 74.9 Å². The number of rotatable bonds is 1. The average Bonchev–Trinajstić information content (AvgIpc) is 2.73. The summed E-state index contributed by atoms with van der Waals surface area (Å²) in [4.78, 5) is 4.38. The Kier molecular flexibility index (Phi) is 3.40. The van der Waals surface area contributed by atoms with Crippen molar-refractivity contribution in [1.82, 2.24) is 9.55 Å². The summed E-state index contributed by atoms with van der Waals surface area (Å²) in [5, 5.41) is 8.92. The summed E-state index contributed by atoms with van der Waals surface area (Å²) in [5.74, 6) is 0.424. The van der Waals surface area contributed by atoms with Crippen LogP contribution in [0.3, 0.4) is 0 Å². The highest BCUT2D eigenvalue weighted by Gasteiger charge is 2.13. The number of fused-ring (bicyclic) bond motifs is 1. The molecule has 20 heavy (non-hydrogen) atoms. The second kappa shape index (κ2) is 5.07. The maximum absolute atomic E-state index is 8.92. The lowest BCUT2D eigenvalue weighted by atomic mass is 10.2. The van der Waals surface area contributed by atoms with Crippen molar-refractivity contribution >= 4 is 55.5 Å². The van der Waals surface area contributed by atoms with Crippen LogP contribution in [0.2, 0.25) is 0 Å². The van der Waals surface area contributed by atoms with E-state index in [1.807, 2.05) is 28.8 Å². The number of hydrogen-bond donors (Lipinski definition) is 1. The molecule has 3 rings (SSSR count). The fourth-order valence-corrected chi connectivity index (χ4v) is 3.11. The predicted octanol–water partition coefficient (Wildman–Crippen LogP) is 3.85. The Morgan fingerprint density at radius 3 is 2.75 bits per heavy atom. The van der Waals surface area contributed by atoms with E-state index in [4.69, 9.17) is 11.0 Å². The van der Waals surface area contributed by atoms with E-state index in [9.17, 15) is 0 Å². The Bertz CT molecular complexity index is 863. The van der Waals surface area contributed by atoms with Crippen molar-refractivity contribution in [1.29, 1.82) is 5.26 Å². The number of nitriles is 1. The Balaban J connectivity index is 2.30. The number of anilines is 1. The molecule has 0 fully saturated rings. The van der Waals surface area contributed by atoms with Crippen molar-refractivity contribution in [2.24, 2.45) is 0 Å². The fourth-order valence-electron chi connectivity index (χ4n) is 2.08. The minimum absolute atomic E-state index is 0.424. The molecule has 0 unspecified atom stereocenters. The third-order valence-corrected chi connectivity index (χ3v) is 4.27. The van der Waals surface area contributed by atoms with Crippen LogP contribution in [-0.2, 0) is 0 Å². The molecule has 3 aromatic rings. The first-order valence-corrected chi connectivity index (χ1v) is 7.61. The van der Waals surface area contributed by atoms with Gasteiger partial charge in [-0.3, -0.25) is 4.57 Å². The second-order valence-corrected chi connectivity index (χ2v) is 6.32. The van der Waals surface area contributed by atoms with Gasteiger partial charge in [0.15, 0.2) is 0 Å². The van der Waals surface area contributed by atoms with E-state index < -0.39 is 0 Å². The number of hydrogen-bond acceptors (Lipinski definition) is 3. The highest BCUT2D eigenvalue weighted by Crippen LogP contribution is 2.29. The van der Waals surface area contributed by atoms with Gasteiger partial charge in [-0.25, -0.2) is 4.98 Å². The second-order valence-electron chi connectivity index (χ2n) is 4.22. The number of benzene rings is 2. The van der Waals surface area contributed by atoms with Gasteiger partial charge in [0, 0.05) is 8.04 Å². The minimum atomic E-state index is 0.424. The normalized spacial score (nSPS) is 10.7. The van der Waals surface area contributed by atoms with Crippen molar-refractivity contribution in [2.45, 2.75) is 0 Å². The molecule has 0 aliphatic carbocycles. The van der Waals surface area contributed by atoms with Gasteiger partial charge in [0.05, 0.1) is 28.4 Å². The Morgan fingerprint density at radius 1 is 1.25 bits per heavy atom. The number of imidazole rings is 1. The van der Waals surface area contributed by atoms with Crippen LogP contribution in [-0.4, -0.2) is 9.55 Å². The monoisotopic (exact) mass is 438 g/mol. The zero-order valence-corrected chi connectivity index (χ0v) is 13.9. The molecule has 0 saturated carbocycles. The van der Waals surface area contributed by atoms with Gasteiger partial charge >= 0.3 is 0 Å². The number of nitrogen functional groups attached to an aromatic ring is 1. The van der Waals surface area contributed by atoms with Crippen LogP contribution in [0.15, 0.2) is 40.9 Å². The van der Waals surface area contributed by atoms with Crippen molar-refractivity contribution in [3.8, 4) is 11.8 Å². The van der Waals surface area contributed by atoms with Gasteiger partial charge in [0.25, 0.3) is 0 Å². The minimum Gasteiger partial charge on any atom is -0.369 e. The molecule has 6 heteroatoms. The molecule has 0 aliphatic heterocycles. The summed E-state index contributed by atoms with van der Waals surface area (Å²) >= 11 is 5.73. The molecule has 2 N–H and O–H groups in total. The summed E-state index contributed by atoms with van der Waals surface area (Å²) in [6, 6.07) is 13.5. The van der Waals surface area contributed by atoms with Crippen LogP contribution in [0, 0.1) is 14.9 Å². The quantitative estimate of drug-likeness (QED) is 0.587. The first kappa shape index (κ1) is 13.4. The lowest BCUT2D eigenvalue weighted by Crippen LogP contribution is -2.01. The molecule has 1 aromatic heterocycles. The number of nitrogens with two attached hydrogens (primary N) is 1. The van der Waals surface area contributed by atoms with Gasteiger partial charge in [0.2, 0.25) is 5.95 Å². The lowest BCUT2D eigenvalue weighted by molar-refractivity contribution is 1.10. The highest BCUT2D eigenvalue weighted by atomic mass is 127. The third-order valence-electron chi connectivity index (χ3n) is 2.96. The topological polar surface area (TPSA) is 67.6 Å².